The van der Waals surface area contributed by atoms with E-state index in [2.05, 4.69) is 18.0 Å². The fourth-order valence-corrected chi connectivity index (χ4v) is 3.06. The van der Waals surface area contributed by atoms with Crippen molar-refractivity contribution in [1.82, 2.24) is 4.90 Å². The van der Waals surface area contributed by atoms with Gasteiger partial charge in [-0.2, -0.15) is 0 Å². The molecule has 1 aliphatic heterocycles. The first-order valence-electron chi connectivity index (χ1n) is 7.92. The van der Waals surface area contributed by atoms with Crippen LogP contribution in [0.1, 0.15) is 40.7 Å². The molecule has 116 valence electrons. The van der Waals surface area contributed by atoms with E-state index in [4.69, 9.17) is 4.74 Å². The maximum Gasteiger partial charge on any atom is 0.164 e. The van der Waals surface area contributed by atoms with E-state index >= 15 is 0 Å². The summed E-state index contributed by atoms with van der Waals surface area (Å²) in [4.78, 5) is 14.6. The van der Waals surface area contributed by atoms with Gasteiger partial charge < -0.3 is 9.64 Å². The van der Waals surface area contributed by atoms with E-state index in [1.165, 1.54) is 12.8 Å². The molecule has 1 aromatic carbocycles. The number of carbonyl (C=O) groups excluding carboxylic acids is 1. The summed E-state index contributed by atoms with van der Waals surface area (Å²) in [7, 11) is 2.10. The first-order valence-corrected chi connectivity index (χ1v) is 7.92. The van der Waals surface area contributed by atoms with Crippen LogP contribution in [0.4, 0.5) is 0 Å². The lowest BCUT2D eigenvalue weighted by Gasteiger charge is -2.26. The molecule has 3 heteroatoms. The second-order valence-electron chi connectivity index (χ2n) is 6.39. The number of ether oxygens (including phenoxy) is 1. The van der Waals surface area contributed by atoms with Crippen LogP contribution in [0.2, 0.25) is 0 Å². The van der Waals surface area contributed by atoms with Crippen molar-refractivity contribution in [3.63, 3.8) is 0 Å². The number of hydrogen-bond donors (Lipinski definition) is 0. The molecule has 1 aromatic rings. The lowest BCUT2D eigenvalue weighted by molar-refractivity contribution is 0.0418. The molecule has 1 fully saturated rings. The highest BCUT2D eigenvalue weighted by molar-refractivity contribution is 5.96. The van der Waals surface area contributed by atoms with Gasteiger partial charge in [0, 0.05) is 31.7 Å². The van der Waals surface area contributed by atoms with Crippen LogP contribution in [0, 0.1) is 19.8 Å². The van der Waals surface area contributed by atoms with Crippen LogP contribution in [0.3, 0.4) is 0 Å². The van der Waals surface area contributed by atoms with Gasteiger partial charge in [-0.1, -0.05) is 17.2 Å². The zero-order valence-electron chi connectivity index (χ0n) is 13.5. The third-order valence-electron chi connectivity index (χ3n) is 4.09. The van der Waals surface area contributed by atoms with Crippen molar-refractivity contribution in [1.29, 1.82) is 0 Å². The van der Waals surface area contributed by atoms with Crippen molar-refractivity contribution < 1.29 is 9.53 Å². The van der Waals surface area contributed by atoms with E-state index in [1.807, 2.05) is 26.0 Å². The number of nitrogens with zero attached hydrogens (tertiary/aromatic N) is 1. The van der Waals surface area contributed by atoms with Crippen LogP contribution >= 0.6 is 0 Å². The lowest BCUT2D eigenvalue weighted by atomic mass is 10.0. The number of Topliss-reactive ketones (excluding diaryl/α,β-unsaturated/α-hetero) is 1. The third kappa shape index (κ3) is 5.25. The van der Waals surface area contributed by atoms with Crippen LogP contribution in [0.25, 0.3) is 0 Å². The van der Waals surface area contributed by atoms with E-state index < -0.39 is 0 Å². The monoisotopic (exact) mass is 289 g/mol. The highest BCUT2D eigenvalue weighted by atomic mass is 16.5. The SMILES string of the molecule is Cc1cc(C)cc(C(=O)CCN(C)CC2CCCOC2)c1. The number of carbonyl (C=O) groups is 1. The average Bonchev–Trinajstić information content (AvgIpc) is 2.45. The van der Waals surface area contributed by atoms with Crippen molar-refractivity contribution in [3.05, 3.63) is 34.9 Å². The molecule has 1 saturated heterocycles. The van der Waals surface area contributed by atoms with Gasteiger partial charge >= 0.3 is 0 Å². The number of rotatable bonds is 6. The van der Waals surface area contributed by atoms with Gasteiger partial charge in [0.15, 0.2) is 5.78 Å². The Labute approximate surface area is 128 Å². The lowest BCUT2D eigenvalue weighted by Crippen LogP contribution is -2.32. The first kappa shape index (κ1) is 16.2. The maximum atomic E-state index is 12.3. The van der Waals surface area contributed by atoms with E-state index in [9.17, 15) is 4.79 Å². The number of ketones is 1. The highest BCUT2D eigenvalue weighted by Gasteiger charge is 2.16. The van der Waals surface area contributed by atoms with Gasteiger partial charge in [0.25, 0.3) is 0 Å². The van der Waals surface area contributed by atoms with E-state index in [0.717, 1.165) is 43.0 Å². The second-order valence-corrected chi connectivity index (χ2v) is 6.39. The minimum absolute atomic E-state index is 0.244. The molecule has 1 atom stereocenters. The van der Waals surface area contributed by atoms with Gasteiger partial charge in [0.05, 0.1) is 6.61 Å². The Balaban J connectivity index is 1.79. The summed E-state index contributed by atoms with van der Waals surface area (Å²) in [5, 5.41) is 0. The Morgan fingerprint density at radius 1 is 1.29 bits per heavy atom. The maximum absolute atomic E-state index is 12.3. The molecule has 0 bridgehead atoms. The second kappa shape index (κ2) is 7.71. The minimum atomic E-state index is 0.244. The molecular formula is C18H27NO2. The topological polar surface area (TPSA) is 29.5 Å². The zero-order chi connectivity index (χ0) is 15.2. The quantitative estimate of drug-likeness (QED) is 0.753. The molecule has 1 aliphatic rings. The Kier molecular flexibility index (Phi) is 5.95. The summed E-state index contributed by atoms with van der Waals surface area (Å²) in [6.45, 7) is 7.71. The van der Waals surface area contributed by atoms with Gasteiger partial charge in [-0.25, -0.2) is 0 Å². The Morgan fingerprint density at radius 2 is 2.00 bits per heavy atom. The van der Waals surface area contributed by atoms with Crippen molar-refractivity contribution in [2.75, 3.05) is 33.4 Å². The van der Waals surface area contributed by atoms with E-state index in [1.54, 1.807) is 0 Å². The standard InChI is InChI=1S/C18H27NO2/c1-14-9-15(2)11-17(10-14)18(20)6-7-19(3)12-16-5-4-8-21-13-16/h9-11,16H,4-8,12-13H2,1-3H3. The van der Waals surface area contributed by atoms with Gasteiger partial charge in [-0.15, -0.1) is 0 Å². The van der Waals surface area contributed by atoms with Crippen LogP contribution in [-0.2, 0) is 4.74 Å². The normalized spacial score (nSPS) is 19.0. The Bertz CT molecular complexity index is 458. The highest BCUT2D eigenvalue weighted by Crippen LogP contribution is 2.15. The van der Waals surface area contributed by atoms with Crippen LogP contribution < -0.4 is 0 Å². The smallest absolute Gasteiger partial charge is 0.164 e. The molecule has 0 spiro atoms. The molecule has 2 rings (SSSR count). The summed E-state index contributed by atoms with van der Waals surface area (Å²) in [5.74, 6) is 0.869. The van der Waals surface area contributed by atoms with Crippen molar-refractivity contribution >= 4 is 5.78 Å². The van der Waals surface area contributed by atoms with Crippen LogP contribution in [-0.4, -0.2) is 44.0 Å². The number of benzene rings is 1. The molecule has 1 heterocycles. The average molecular weight is 289 g/mol. The van der Waals surface area contributed by atoms with Gasteiger partial charge in [0.1, 0.15) is 0 Å². The Morgan fingerprint density at radius 3 is 2.62 bits per heavy atom. The van der Waals surface area contributed by atoms with Crippen molar-refractivity contribution in [3.8, 4) is 0 Å². The van der Waals surface area contributed by atoms with Gasteiger partial charge in [0.2, 0.25) is 0 Å². The predicted octanol–water partition coefficient (Wildman–Crippen LogP) is 3.23. The molecule has 0 aliphatic carbocycles. The largest absolute Gasteiger partial charge is 0.381 e. The molecule has 21 heavy (non-hydrogen) atoms. The molecule has 0 N–H and O–H groups in total. The summed E-state index contributed by atoms with van der Waals surface area (Å²) in [5.41, 5.74) is 3.17. The fraction of sp³-hybridized carbons (Fsp3) is 0.611. The molecule has 1 unspecified atom stereocenters. The minimum Gasteiger partial charge on any atom is -0.381 e. The Hall–Kier alpha value is -1.19. The fourth-order valence-electron chi connectivity index (χ4n) is 3.06. The summed E-state index contributed by atoms with van der Waals surface area (Å²) in [6.07, 6.45) is 3.00. The molecular weight excluding hydrogens is 262 g/mol. The van der Waals surface area contributed by atoms with E-state index in [0.29, 0.717) is 12.3 Å². The van der Waals surface area contributed by atoms with Crippen molar-refractivity contribution in [2.45, 2.75) is 33.1 Å². The summed E-state index contributed by atoms with van der Waals surface area (Å²) < 4.78 is 5.51. The summed E-state index contributed by atoms with van der Waals surface area (Å²) >= 11 is 0. The molecule has 3 nitrogen and oxygen atoms in total. The molecule has 0 amide bonds. The van der Waals surface area contributed by atoms with Crippen LogP contribution in [0.5, 0.6) is 0 Å². The van der Waals surface area contributed by atoms with Crippen LogP contribution in [0.15, 0.2) is 18.2 Å². The number of aryl methyl sites for hydroxylation is 2. The van der Waals surface area contributed by atoms with Gasteiger partial charge in [-0.3, -0.25) is 4.79 Å². The molecule has 0 radical (unpaired) electrons. The van der Waals surface area contributed by atoms with Crippen molar-refractivity contribution in [2.24, 2.45) is 5.92 Å². The van der Waals surface area contributed by atoms with E-state index in [-0.39, 0.29) is 5.78 Å². The number of hydrogen-bond acceptors (Lipinski definition) is 3. The van der Waals surface area contributed by atoms with Gasteiger partial charge in [-0.05, 0) is 51.8 Å². The first-order chi connectivity index (χ1) is 10.0. The summed E-state index contributed by atoms with van der Waals surface area (Å²) in [6, 6.07) is 6.08. The molecule has 0 saturated carbocycles. The predicted molar refractivity (Wildman–Crippen MR) is 85.9 cm³/mol. The third-order valence-corrected chi connectivity index (χ3v) is 4.09. The zero-order valence-corrected chi connectivity index (χ0v) is 13.5. The molecule has 0 aromatic heterocycles.